The Morgan fingerprint density at radius 1 is 1.71 bits per heavy atom. The van der Waals surface area contributed by atoms with Crippen molar-refractivity contribution in [2.45, 2.75) is 25.9 Å². The van der Waals surface area contributed by atoms with Gasteiger partial charge in [0.05, 0.1) is 6.61 Å². The van der Waals surface area contributed by atoms with E-state index in [0.717, 1.165) is 0 Å². The summed E-state index contributed by atoms with van der Waals surface area (Å²) in [6.07, 6.45) is 1.75. The second-order valence-corrected chi connectivity index (χ2v) is 2.99. The van der Waals surface area contributed by atoms with Crippen LogP contribution in [0.4, 0.5) is 0 Å². The molecular formula is C9H15NO4. The van der Waals surface area contributed by atoms with Gasteiger partial charge in [0.15, 0.2) is 11.4 Å². The van der Waals surface area contributed by atoms with Crippen molar-refractivity contribution in [2.75, 3.05) is 13.2 Å². The van der Waals surface area contributed by atoms with E-state index in [1.54, 1.807) is 6.92 Å². The topological polar surface area (TPSA) is 69.4 Å². The van der Waals surface area contributed by atoms with E-state index in [9.17, 15) is 14.9 Å². The maximum Gasteiger partial charge on any atom is 0.239 e. The first-order valence-corrected chi connectivity index (χ1v) is 4.36. The average molecular weight is 201 g/mol. The van der Waals surface area contributed by atoms with Gasteiger partial charge in [0.1, 0.15) is 0 Å². The van der Waals surface area contributed by atoms with Crippen LogP contribution in [-0.4, -0.2) is 29.5 Å². The molecule has 1 atom stereocenters. The SMILES string of the molecule is C=CCOC(CC)(C[N+](=O)[O-])C(C)=O. The van der Waals surface area contributed by atoms with Crippen molar-refractivity contribution in [1.29, 1.82) is 0 Å². The van der Waals surface area contributed by atoms with Crippen molar-refractivity contribution in [2.24, 2.45) is 0 Å². The fourth-order valence-electron chi connectivity index (χ4n) is 1.15. The van der Waals surface area contributed by atoms with E-state index in [4.69, 9.17) is 4.74 Å². The van der Waals surface area contributed by atoms with Crippen LogP contribution in [0.1, 0.15) is 20.3 Å². The second kappa shape index (κ2) is 5.49. The number of nitrogens with zero attached hydrogens (tertiary/aromatic N) is 1. The molecule has 0 aromatic rings. The summed E-state index contributed by atoms with van der Waals surface area (Å²) in [6, 6.07) is 0. The lowest BCUT2D eigenvalue weighted by Gasteiger charge is -2.25. The molecule has 5 nitrogen and oxygen atoms in total. The van der Waals surface area contributed by atoms with E-state index >= 15 is 0 Å². The smallest absolute Gasteiger partial charge is 0.239 e. The lowest BCUT2D eigenvalue weighted by molar-refractivity contribution is -0.498. The largest absolute Gasteiger partial charge is 0.356 e. The van der Waals surface area contributed by atoms with Crippen molar-refractivity contribution in [3.8, 4) is 0 Å². The van der Waals surface area contributed by atoms with Gasteiger partial charge in [0, 0.05) is 4.92 Å². The van der Waals surface area contributed by atoms with Gasteiger partial charge in [-0.15, -0.1) is 6.58 Å². The number of Topliss-reactive ketones (excluding diaryl/α,β-unsaturated/α-hetero) is 1. The lowest BCUT2D eigenvalue weighted by atomic mass is 9.96. The number of carbonyl (C=O) groups is 1. The highest BCUT2D eigenvalue weighted by atomic mass is 16.6. The minimum absolute atomic E-state index is 0.140. The second-order valence-electron chi connectivity index (χ2n) is 2.99. The highest BCUT2D eigenvalue weighted by molar-refractivity contribution is 5.85. The van der Waals surface area contributed by atoms with Crippen molar-refractivity contribution < 1.29 is 14.5 Å². The first-order valence-electron chi connectivity index (χ1n) is 4.36. The summed E-state index contributed by atoms with van der Waals surface area (Å²) in [6.45, 7) is 6.07. The van der Waals surface area contributed by atoms with Crippen LogP contribution in [-0.2, 0) is 9.53 Å². The fourth-order valence-corrected chi connectivity index (χ4v) is 1.15. The Hall–Kier alpha value is -1.23. The van der Waals surface area contributed by atoms with Crippen molar-refractivity contribution in [1.82, 2.24) is 0 Å². The van der Waals surface area contributed by atoms with Crippen LogP contribution in [0, 0.1) is 10.1 Å². The minimum Gasteiger partial charge on any atom is -0.356 e. The van der Waals surface area contributed by atoms with Gasteiger partial charge in [-0.25, -0.2) is 0 Å². The normalized spacial score (nSPS) is 14.4. The highest BCUT2D eigenvalue weighted by Crippen LogP contribution is 2.17. The lowest BCUT2D eigenvalue weighted by Crippen LogP contribution is -2.46. The van der Waals surface area contributed by atoms with Gasteiger partial charge >= 0.3 is 0 Å². The monoisotopic (exact) mass is 201 g/mol. The number of ether oxygens (including phenoxy) is 1. The summed E-state index contributed by atoms with van der Waals surface area (Å²) in [5, 5.41) is 10.4. The molecule has 0 aromatic carbocycles. The van der Waals surface area contributed by atoms with Crippen LogP contribution in [0.2, 0.25) is 0 Å². The highest BCUT2D eigenvalue weighted by Gasteiger charge is 2.39. The summed E-state index contributed by atoms with van der Waals surface area (Å²) in [5.41, 5.74) is -1.29. The Kier molecular flexibility index (Phi) is 5.01. The molecule has 5 heteroatoms. The number of hydrogen-bond acceptors (Lipinski definition) is 4. The first-order chi connectivity index (χ1) is 6.48. The summed E-state index contributed by atoms with van der Waals surface area (Å²) in [4.78, 5) is 21.1. The van der Waals surface area contributed by atoms with Crippen LogP contribution in [0.15, 0.2) is 12.7 Å². The van der Waals surface area contributed by atoms with Gasteiger partial charge < -0.3 is 4.74 Å². The standard InChI is InChI=1S/C9H15NO4/c1-4-6-14-9(5-2,8(3)11)7-10(12)13/h4H,1,5-7H2,2-3H3. The molecule has 80 valence electrons. The Morgan fingerprint density at radius 3 is 2.57 bits per heavy atom. The molecule has 14 heavy (non-hydrogen) atoms. The number of rotatable bonds is 7. The van der Waals surface area contributed by atoms with Crippen LogP contribution in [0.25, 0.3) is 0 Å². The van der Waals surface area contributed by atoms with Gasteiger partial charge in [-0.2, -0.15) is 0 Å². The third kappa shape index (κ3) is 3.26. The third-order valence-corrected chi connectivity index (χ3v) is 2.07. The molecule has 0 aliphatic rings. The van der Waals surface area contributed by atoms with E-state index in [0.29, 0.717) is 0 Å². The molecule has 0 heterocycles. The summed E-state index contributed by atoms with van der Waals surface area (Å²) >= 11 is 0. The zero-order valence-corrected chi connectivity index (χ0v) is 8.49. The van der Waals surface area contributed by atoms with E-state index in [1.807, 2.05) is 0 Å². The maximum atomic E-state index is 11.3. The first kappa shape index (κ1) is 12.8. The number of hydrogen-bond donors (Lipinski definition) is 0. The van der Waals surface area contributed by atoms with E-state index in [1.165, 1.54) is 13.0 Å². The molecule has 0 saturated heterocycles. The molecule has 1 unspecified atom stereocenters. The molecule has 0 saturated carbocycles. The van der Waals surface area contributed by atoms with Crippen LogP contribution >= 0.6 is 0 Å². The maximum absolute atomic E-state index is 11.3. The molecule has 0 rings (SSSR count). The predicted octanol–water partition coefficient (Wildman–Crippen LogP) is 1.20. The van der Waals surface area contributed by atoms with Crippen molar-refractivity contribution >= 4 is 5.78 Å². The Labute approximate surface area is 82.9 Å². The Morgan fingerprint density at radius 2 is 2.29 bits per heavy atom. The van der Waals surface area contributed by atoms with Gasteiger partial charge in [0.2, 0.25) is 6.54 Å². The fraction of sp³-hybridized carbons (Fsp3) is 0.667. The molecule has 0 aromatic heterocycles. The van der Waals surface area contributed by atoms with Crippen LogP contribution in [0.3, 0.4) is 0 Å². The molecule has 0 amide bonds. The zero-order chi connectivity index (χ0) is 11.2. The molecule has 0 N–H and O–H groups in total. The minimum atomic E-state index is -1.29. The quantitative estimate of drug-likeness (QED) is 0.352. The molecule has 0 fully saturated rings. The molecular weight excluding hydrogens is 186 g/mol. The Bertz CT molecular complexity index is 239. The summed E-state index contributed by atoms with van der Waals surface area (Å²) < 4.78 is 5.19. The predicted molar refractivity (Wildman–Crippen MR) is 51.7 cm³/mol. The van der Waals surface area contributed by atoms with Gasteiger partial charge in [-0.1, -0.05) is 13.0 Å². The number of nitro groups is 1. The molecule has 0 spiro atoms. The van der Waals surface area contributed by atoms with E-state index in [-0.39, 0.29) is 18.8 Å². The summed E-state index contributed by atoms with van der Waals surface area (Å²) in [5.74, 6) is -0.321. The van der Waals surface area contributed by atoms with Gasteiger partial charge in [-0.05, 0) is 13.3 Å². The van der Waals surface area contributed by atoms with Gasteiger partial charge in [-0.3, -0.25) is 14.9 Å². The van der Waals surface area contributed by atoms with Crippen LogP contribution < -0.4 is 0 Å². The number of carbonyl (C=O) groups excluding carboxylic acids is 1. The number of ketones is 1. The average Bonchev–Trinajstić information content (AvgIpc) is 2.11. The third-order valence-electron chi connectivity index (χ3n) is 2.07. The van der Waals surface area contributed by atoms with Crippen molar-refractivity contribution in [3.05, 3.63) is 22.8 Å². The molecule has 0 radical (unpaired) electrons. The molecule has 0 aliphatic carbocycles. The van der Waals surface area contributed by atoms with E-state index in [2.05, 4.69) is 6.58 Å². The molecule has 0 aliphatic heterocycles. The van der Waals surface area contributed by atoms with E-state index < -0.39 is 17.1 Å². The molecule has 0 bridgehead atoms. The zero-order valence-electron chi connectivity index (χ0n) is 8.49. The van der Waals surface area contributed by atoms with Crippen LogP contribution in [0.5, 0.6) is 0 Å². The Balaban J connectivity index is 4.68. The van der Waals surface area contributed by atoms with Crippen molar-refractivity contribution in [3.63, 3.8) is 0 Å². The van der Waals surface area contributed by atoms with Gasteiger partial charge in [0.25, 0.3) is 0 Å². The summed E-state index contributed by atoms with van der Waals surface area (Å²) in [7, 11) is 0.